The van der Waals surface area contributed by atoms with Crippen LogP contribution in [0.3, 0.4) is 0 Å². The van der Waals surface area contributed by atoms with Crippen molar-refractivity contribution < 1.29 is 24.2 Å². The molecule has 0 saturated carbocycles. The van der Waals surface area contributed by atoms with Crippen molar-refractivity contribution in [3.63, 3.8) is 0 Å². The minimum absolute atomic E-state index is 0.464. The highest BCUT2D eigenvalue weighted by atomic mass is 16.6. The largest absolute Gasteiger partial charge is 0.459 e. The van der Waals surface area contributed by atoms with Crippen LogP contribution in [0.15, 0.2) is 0 Å². The van der Waals surface area contributed by atoms with E-state index in [1.165, 1.54) is 13.8 Å². The van der Waals surface area contributed by atoms with E-state index in [0.29, 0.717) is 6.42 Å². The molecule has 5 nitrogen and oxygen atoms in total. The van der Waals surface area contributed by atoms with Gasteiger partial charge in [0.2, 0.25) is 0 Å². The molecular formula is C11H20O5. The second-order valence-corrected chi connectivity index (χ2v) is 3.74. The summed E-state index contributed by atoms with van der Waals surface area (Å²) in [5.74, 6) is -0.965. The Balaban J connectivity index is 4.50. The zero-order valence-corrected chi connectivity index (χ0v) is 10.2. The van der Waals surface area contributed by atoms with E-state index in [1.807, 2.05) is 6.92 Å². The van der Waals surface area contributed by atoms with Crippen molar-refractivity contribution in [1.82, 2.24) is 0 Å². The van der Waals surface area contributed by atoms with E-state index in [-0.39, 0.29) is 0 Å². The highest BCUT2D eigenvalue weighted by molar-refractivity contribution is 5.67. The van der Waals surface area contributed by atoms with Gasteiger partial charge in [-0.2, -0.15) is 0 Å². The number of hydrogen-bond donors (Lipinski definition) is 1. The van der Waals surface area contributed by atoms with Crippen LogP contribution >= 0.6 is 0 Å². The number of hydrogen-bond acceptors (Lipinski definition) is 5. The average Bonchev–Trinajstić information content (AvgIpc) is 2.12. The summed E-state index contributed by atoms with van der Waals surface area (Å²) in [4.78, 5) is 21.7. The van der Waals surface area contributed by atoms with E-state index in [1.54, 1.807) is 6.92 Å². The Hall–Kier alpha value is -1.10. The number of esters is 2. The van der Waals surface area contributed by atoms with Gasteiger partial charge in [-0.15, -0.1) is 0 Å². The van der Waals surface area contributed by atoms with Crippen molar-refractivity contribution in [2.24, 2.45) is 0 Å². The Morgan fingerprint density at radius 3 is 2.06 bits per heavy atom. The summed E-state index contributed by atoms with van der Waals surface area (Å²) in [5, 5.41) is 9.77. The van der Waals surface area contributed by atoms with Gasteiger partial charge in [-0.3, -0.25) is 9.59 Å². The molecule has 94 valence electrons. The highest BCUT2D eigenvalue weighted by Crippen LogP contribution is 2.13. The molecule has 0 spiro atoms. The monoisotopic (exact) mass is 232 g/mol. The molecule has 0 aromatic heterocycles. The van der Waals surface area contributed by atoms with Crippen LogP contribution in [0.4, 0.5) is 0 Å². The van der Waals surface area contributed by atoms with Gasteiger partial charge in [-0.05, 0) is 13.3 Å². The van der Waals surface area contributed by atoms with Crippen molar-refractivity contribution in [1.29, 1.82) is 0 Å². The van der Waals surface area contributed by atoms with Gasteiger partial charge in [0, 0.05) is 13.8 Å². The molecule has 0 radical (unpaired) electrons. The first-order valence-corrected chi connectivity index (χ1v) is 5.41. The van der Waals surface area contributed by atoms with Gasteiger partial charge in [-0.1, -0.05) is 13.3 Å². The van der Waals surface area contributed by atoms with Crippen LogP contribution in [-0.4, -0.2) is 35.4 Å². The van der Waals surface area contributed by atoms with Gasteiger partial charge in [0.25, 0.3) is 0 Å². The first-order chi connectivity index (χ1) is 7.38. The molecule has 0 aliphatic rings. The van der Waals surface area contributed by atoms with E-state index in [4.69, 9.17) is 9.47 Å². The normalized spacial score (nSPS) is 16.1. The molecule has 0 aliphatic heterocycles. The van der Waals surface area contributed by atoms with E-state index in [2.05, 4.69) is 0 Å². The Morgan fingerprint density at radius 1 is 1.19 bits per heavy atom. The van der Waals surface area contributed by atoms with E-state index < -0.39 is 30.3 Å². The Bertz CT molecular complexity index is 239. The standard InChI is InChI=1S/C11H20O5/c1-5-6-10(14)11(16-9(4)13)7(2)15-8(3)12/h7,10-11,14H,5-6H2,1-4H3. The molecule has 5 heteroatoms. The maximum atomic E-state index is 10.9. The average molecular weight is 232 g/mol. The molecule has 0 saturated heterocycles. The van der Waals surface area contributed by atoms with Crippen LogP contribution in [0.5, 0.6) is 0 Å². The number of aliphatic hydroxyl groups is 1. The number of aliphatic hydroxyl groups excluding tert-OH is 1. The summed E-state index contributed by atoms with van der Waals surface area (Å²) in [6.07, 6.45) is -1.03. The van der Waals surface area contributed by atoms with E-state index >= 15 is 0 Å². The van der Waals surface area contributed by atoms with Gasteiger partial charge < -0.3 is 14.6 Å². The lowest BCUT2D eigenvalue weighted by atomic mass is 10.0. The molecule has 0 aromatic rings. The first-order valence-electron chi connectivity index (χ1n) is 5.41. The van der Waals surface area contributed by atoms with Crippen LogP contribution in [0, 0.1) is 0 Å². The van der Waals surface area contributed by atoms with E-state index in [0.717, 1.165) is 6.42 Å². The summed E-state index contributed by atoms with van der Waals surface area (Å²) in [6.45, 7) is 6.03. The van der Waals surface area contributed by atoms with Crippen molar-refractivity contribution in [3.05, 3.63) is 0 Å². The number of carbonyl (C=O) groups is 2. The smallest absolute Gasteiger partial charge is 0.303 e. The molecule has 0 bridgehead atoms. The van der Waals surface area contributed by atoms with Crippen molar-refractivity contribution in [2.45, 2.75) is 58.8 Å². The van der Waals surface area contributed by atoms with Crippen LogP contribution in [0.25, 0.3) is 0 Å². The van der Waals surface area contributed by atoms with Crippen LogP contribution < -0.4 is 0 Å². The molecular weight excluding hydrogens is 212 g/mol. The molecule has 0 amide bonds. The lowest BCUT2D eigenvalue weighted by molar-refractivity contribution is -0.173. The number of carbonyl (C=O) groups excluding carboxylic acids is 2. The van der Waals surface area contributed by atoms with Crippen LogP contribution in [-0.2, 0) is 19.1 Å². The Kier molecular flexibility index (Phi) is 6.72. The highest BCUT2D eigenvalue weighted by Gasteiger charge is 2.29. The predicted molar refractivity (Wildman–Crippen MR) is 57.7 cm³/mol. The lowest BCUT2D eigenvalue weighted by Crippen LogP contribution is -2.41. The molecule has 3 atom stereocenters. The van der Waals surface area contributed by atoms with Crippen LogP contribution in [0.1, 0.15) is 40.5 Å². The molecule has 0 heterocycles. The summed E-state index contributed by atoms with van der Waals surface area (Å²) in [5.41, 5.74) is 0. The van der Waals surface area contributed by atoms with Gasteiger partial charge in [0.05, 0.1) is 6.10 Å². The molecule has 3 unspecified atom stereocenters. The van der Waals surface area contributed by atoms with Crippen LogP contribution in [0.2, 0.25) is 0 Å². The minimum atomic E-state index is -0.816. The Morgan fingerprint density at radius 2 is 1.69 bits per heavy atom. The second kappa shape index (κ2) is 7.22. The zero-order chi connectivity index (χ0) is 12.7. The SMILES string of the molecule is CCCC(O)C(OC(C)=O)C(C)OC(C)=O. The molecule has 16 heavy (non-hydrogen) atoms. The summed E-state index contributed by atoms with van der Waals surface area (Å²) < 4.78 is 9.87. The molecule has 0 aromatic carbocycles. The predicted octanol–water partition coefficient (Wildman–Crippen LogP) is 1.03. The summed E-state index contributed by atoms with van der Waals surface area (Å²) >= 11 is 0. The fraction of sp³-hybridized carbons (Fsp3) is 0.818. The van der Waals surface area contributed by atoms with Crippen molar-refractivity contribution >= 4 is 11.9 Å². The van der Waals surface area contributed by atoms with Gasteiger partial charge in [-0.25, -0.2) is 0 Å². The number of ether oxygens (including phenoxy) is 2. The number of rotatable bonds is 6. The maximum Gasteiger partial charge on any atom is 0.303 e. The van der Waals surface area contributed by atoms with Gasteiger partial charge >= 0.3 is 11.9 Å². The molecule has 0 fully saturated rings. The molecule has 0 aliphatic carbocycles. The molecule has 0 rings (SSSR count). The third kappa shape index (κ3) is 5.70. The fourth-order valence-electron chi connectivity index (χ4n) is 1.47. The second-order valence-electron chi connectivity index (χ2n) is 3.74. The third-order valence-electron chi connectivity index (χ3n) is 2.08. The minimum Gasteiger partial charge on any atom is -0.459 e. The van der Waals surface area contributed by atoms with Gasteiger partial charge in [0.1, 0.15) is 6.10 Å². The third-order valence-corrected chi connectivity index (χ3v) is 2.08. The fourth-order valence-corrected chi connectivity index (χ4v) is 1.47. The summed E-state index contributed by atoms with van der Waals surface area (Å²) in [7, 11) is 0. The Labute approximate surface area is 95.7 Å². The van der Waals surface area contributed by atoms with Gasteiger partial charge in [0.15, 0.2) is 6.10 Å². The maximum absolute atomic E-state index is 10.9. The topological polar surface area (TPSA) is 72.8 Å². The van der Waals surface area contributed by atoms with Crippen molar-refractivity contribution in [2.75, 3.05) is 0 Å². The first kappa shape index (κ1) is 14.9. The molecule has 1 N–H and O–H groups in total. The van der Waals surface area contributed by atoms with Crippen molar-refractivity contribution in [3.8, 4) is 0 Å². The summed E-state index contributed by atoms with van der Waals surface area (Å²) in [6, 6.07) is 0. The lowest BCUT2D eigenvalue weighted by Gasteiger charge is -2.27. The zero-order valence-electron chi connectivity index (χ0n) is 10.2. The van der Waals surface area contributed by atoms with E-state index in [9.17, 15) is 14.7 Å². The quantitative estimate of drug-likeness (QED) is 0.692.